The molecule has 1 atom stereocenters. The van der Waals surface area contributed by atoms with Crippen molar-refractivity contribution < 1.29 is 4.74 Å². The molecular formula is C13H21NO. The predicted octanol–water partition coefficient (Wildman–Crippen LogP) is 3.39. The third-order valence-corrected chi connectivity index (χ3v) is 2.59. The highest BCUT2D eigenvalue weighted by atomic mass is 16.5. The normalized spacial score (nSPS) is 12.5. The van der Waals surface area contributed by atoms with Crippen molar-refractivity contribution >= 4 is 5.69 Å². The number of benzene rings is 1. The minimum atomic E-state index is 0.593. The van der Waals surface area contributed by atoms with Gasteiger partial charge in [0.05, 0.1) is 12.3 Å². The molecule has 0 saturated heterocycles. The van der Waals surface area contributed by atoms with Crippen LogP contribution in [0.15, 0.2) is 18.2 Å². The molecule has 0 bridgehead atoms. The van der Waals surface area contributed by atoms with Crippen LogP contribution in [0.25, 0.3) is 0 Å². The average Bonchev–Trinajstić information content (AvgIpc) is 2.21. The first-order chi connectivity index (χ1) is 7.15. The van der Waals surface area contributed by atoms with E-state index in [4.69, 9.17) is 10.5 Å². The zero-order valence-electron chi connectivity index (χ0n) is 9.92. The Kier molecular flexibility index (Phi) is 4.47. The first-order valence-electron chi connectivity index (χ1n) is 5.63. The number of ether oxygens (including phenoxy) is 1. The first kappa shape index (κ1) is 11.9. The van der Waals surface area contributed by atoms with Crippen molar-refractivity contribution in [2.75, 3.05) is 12.3 Å². The second-order valence-corrected chi connectivity index (χ2v) is 4.19. The standard InChI is InChI=1S/C13H21NO/c1-4-6-10(2)9-15-12-8-5-7-11(3)13(12)14/h5,7-8,10H,4,6,9,14H2,1-3H3. The lowest BCUT2D eigenvalue weighted by molar-refractivity contribution is 0.252. The average molecular weight is 207 g/mol. The molecule has 0 aliphatic heterocycles. The van der Waals surface area contributed by atoms with Crippen LogP contribution >= 0.6 is 0 Å². The Morgan fingerprint density at radius 1 is 1.40 bits per heavy atom. The van der Waals surface area contributed by atoms with E-state index >= 15 is 0 Å². The molecule has 84 valence electrons. The molecule has 1 unspecified atom stereocenters. The van der Waals surface area contributed by atoms with Crippen molar-refractivity contribution in [3.8, 4) is 5.75 Å². The zero-order valence-corrected chi connectivity index (χ0v) is 9.92. The number of nitrogens with two attached hydrogens (primary N) is 1. The van der Waals surface area contributed by atoms with Crippen molar-refractivity contribution in [1.29, 1.82) is 0 Å². The van der Waals surface area contributed by atoms with Gasteiger partial charge >= 0.3 is 0 Å². The molecule has 0 radical (unpaired) electrons. The predicted molar refractivity (Wildman–Crippen MR) is 65.2 cm³/mol. The minimum Gasteiger partial charge on any atom is -0.491 e. The van der Waals surface area contributed by atoms with Gasteiger partial charge in [0.25, 0.3) is 0 Å². The van der Waals surface area contributed by atoms with E-state index in [0.717, 1.165) is 23.6 Å². The third kappa shape index (κ3) is 3.46. The summed E-state index contributed by atoms with van der Waals surface area (Å²) in [6, 6.07) is 5.91. The largest absolute Gasteiger partial charge is 0.491 e. The van der Waals surface area contributed by atoms with E-state index in [1.165, 1.54) is 12.8 Å². The fourth-order valence-electron chi connectivity index (χ4n) is 1.59. The fourth-order valence-corrected chi connectivity index (χ4v) is 1.59. The molecule has 0 heterocycles. The van der Waals surface area contributed by atoms with Crippen LogP contribution in [0.3, 0.4) is 0 Å². The summed E-state index contributed by atoms with van der Waals surface area (Å²) < 4.78 is 5.71. The van der Waals surface area contributed by atoms with E-state index < -0.39 is 0 Å². The SMILES string of the molecule is CCCC(C)COc1cccc(C)c1N. The second-order valence-electron chi connectivity index (χ2n) is 4.19. The molecule has 1 aromatic carbocycles. The van der Waals surface area contributed by atoms with Crippen LogP contribution < -0.4 is 10.5 Å². The Balaban J connectivity index is 2.54. The van der Waals surface area contributed by atoms with Crippen LogP contribution in [0.5, 0.6) is 5.75 Å². The van der Waals surface area contributed by atoms with Crippen LogP contribution in [-0.4, -0.2) is 6.61 Å². The Morgan fingerprint density at radius 2 is 2.13 bits per heavy atom. The lowest BCUT2D eigenvalue weighted by Crippen LogP contribution is -2.09. The Bertz CT molecular complexity index is 309. The van der Waals surface area contributed by atoms with Crippen molar-refractivity contribution in [3.05, 3.63) is 23.8 Å². The summed E-state index contributed by atoms with van der Waals surface area (Å²) in [6.07, 6.45) is 2.40. The summed E-state index contributed by atoms with van der Waals surface area (Å²) >= 11 is 0. The number of nitrogen functional groups attached to an aromatic ring is 1. The van der Waals surface area contributed by atoms with Crippen molar-refractivity contribution in [1.82, 2.24) is 0 Å². The van der Waals surface area contributed by atoms with E-state index in [0.29, 0.717) is 5.92 Å². The quantitative estimate of drug-likeness (QED) is 0.751. The maximum Gasteiger partial charge on any atom is 0.142 e. The number of aryl methyl sites for hydroxylation is 1. The second kappa shape index (κ2) is 5.64. The number of para-hydroxylation sites is 1. The number of hydrogen-bond donors (Lipinski definition) is 1. The summed E-state index contributed by atoms with van der Waals surface area (Å²) in [7, 11) is 0. The molecule has 0 aliphatic carbocycles. The molecule has 2 heteroatoms. The van der Waals surface area contributed by atoms with Crippen LogP contribution in [0.2, 0.25) is 0 Å². The van der Waals surface area contributed by atoms with Crippen molar-refractivity contribution in [3.63, 3.8) is 0 Å². The maximum absolute atomic E-state index is 5.92. The molecule has 1 aromatic rings. The van der Waals surface area contributed by atoms with Crippen LogP contribution in [0.4, 0.5) is 5.69 Å². The number of anilines is 1. The molecule has 0 aliphatic rings. The molecule has 15 heavy (non-hydrogen) atoms. The lowest BCUT2D eigenvalue weighted by Gasteiger charge is -2.14. The Labute approximate surface area is 92.4 Å². The molecule has 2 nitrogen and oxygen atoms in total. The highest BCUT2D eigenvalue weighted by Crippen LogP contribution is 2.25. The summed E-state index contributed by atoms with van der Waals surface area (Å²) in [5.74, 6) is 1.41. The van der Waals surface area contributed by atoms with Crippen LogP contribution in [0, 0.1) is 12.8 Å². The van der Waals surface area contributed by atoms with Crippen LogP contribution in [0.1, 0.15) is 32.3 Å². The molecule has 0 amide bonds. The topological polar surface area (TPSA) is 35.2 Å². The van der Waals surface area contributed by atoms with Gasteiger partial charge in [0.15, 0.2) is 0 Å². The molecule has 0 fully saturated rings. The van der Waals surface area contributed by atoms with Gasteiger partial charge in [-0.15, -0.1) is 0 Å². The number of rotatable bonds is 5. The molecule has 2 N–H and O–H groups in total. The first-order valence-corrected chi connectivity index (χ1v) is 5.63. The van der Waals surface area contributed by atoms with E-state index in [9.17, 15) is 0 Å². The summed E-state index contributed by atoms with van der Waals surface area (Å²) in [5, 5.41) is 0. The summed E-state index contributed by atoms with van der Waals surface area (Å²) in [6.45, 7) is 7.15. The van der Waals surface area contributed by atoms with Gasteiger partial charge in [0, 0.05) is 0 Å². The van der Waals surface area contributed by atoms with E-state index in [-0.39, 0.29) is 0 Å². The Morgan fingerprint density at radius 3 is 2.80 bits per heavy atom. The van der Waals surface area contributed by atoms with E-state index in [2.05, 4.69) is 13.8 Å². The van der Waals surface area contributed by atoms with Crippen LogP contribution in [-0.2, 0) is 0 Å². The van der Waals surface area contributed by atoms with Gasteiger partial charge in [-0.05, 0) is 30.9 Å². The van der Waals surface area contributed by atoms with Crippen molar-refractivity contribution in [2.45, 2.75) is 33.6 Å². The van der Waals surface area contributed by atoms with Gasteiger partial charge in [0.2, 0.25) is 0 Å². The lowest BCUT2D eigenvalue weighted by atomic mass is 10.1. The third-order valence-electron chi connectivity index (χ3n) is 2.59. The monoisotopic (exact) mass is 207 g/mol. The maximum atomic E-state index is 5.92. The molecule has 1 rings (SSSR count). The highest BCUT2D eigenvalue weighted by molar-refractivity contribution is 5.57. The molecule has 0 saturated carbocycles. The summed E-state index contributed by atoms with van der Waals surface area (Å²) in [4.78, 5) is 0. The fraction of sp³-hybridized carbons (Fsp3) is 0.538. The van der Waals surface area contributed by atoms with Gasteiger partial charge in [-0.3, -0.25) is 0 Å². The smallest absolute Gasteiger partial charge is 0.142 e. The summed E-state index contributed by atoms with van der Waals surface area (Å²) in [5.41, 5.74) is 7.76. The van der Waals surface area contributed by atoms with Gasteiger partial charge < -0.3 is 10.5 Å². The van der Waals surface area contributed by atoms with E-state index in [1.807, 2.05) is 25.1 Å². The van der Waals surface area contributed by atoms with Crippen molar-refractivity contribution in [2.24, 2.45) is 5.92 Å². The van der Waals surface area contributed by atoms with Gasteiger partial charge in [-0.1, -0.05) is 32.4 Å². The number of hydrogen-bond acceptors (Lipinski definition) is 2. The van der Waals surface area contributed by atoms with Gasteiger partial charge in [0.1, 0.15) is 5.75 Å². The molecule has 0 aromatic heterocycles. The Hall–Kier alpha value is -1.18. The zero-order chi connectivity index (χ0) is 11.3. The van der Waals surface area contributed by atoms with Gasteiger partial charge in [-0.25, -0.2) is 0 Å². The van der Waals surface area contributed by atoms with Gasteiger partial charge in [-0.2, -0.15) is 0 Å². The molecule has 0 spiro atoms. The minimum absolute atomic E-state index is 0.593. The molecular weight excluding hydrogens is 186 g/mol. The van der Waals surface area contributed by atoms with E-state index in [1.54, 1.807) is 0 Å². The highest BCUT2D eigenvalue weighted by Gasteiger charge is 2.05.